The molecule has 1 N–H and O–H groups in total. The van der Waals surface area contributed by atoms with Crippen LogP contribution in [0.2, 0.25) is 0 Å². The average molecular weight is 371 g/mol. The van der Waals surface area contributed by atoms with E-state index < -0.39 is 4.92 Å². The molecule has 0 radical (unpaired) electrons. The van der Waals surface area contributed by atoms with Gasteiger partial charge in [-0.05, 0) is 56.5 Å². The Morgan fingerprint density at radius 2 is 2.04 bits per heavy atom. The molecule has 1 aromatic carbocycles. The number of nitrogens with zero attached hydrogens (tertiary/aromatic N) is 2. The van der Waals surface area contributed by atoms with Crippen molar-refractivity contribution in [1.82, 2.24) is 10.2 Å². The number of piperidine rings is 3. The molecule has 2 atom stereocenters. The molecular formula is C19H21N3O3S. The molecule has 2 bridgehead atoms. The Balaban J connectivity index is 1.50. The van der Waals surface area contributed by atoms with Crippen molar-refractivity contribution < 1.29 is 9.72 Å². The summed E-state index contributed by atoms with van der Waals surface area (Å²) in [6, 6.07) is 10.8. The number of hydrogen-bond donors (Lipinski definition) is 1. The van der Waals surface area contributed by atoms with Crippen molar-refractivity contribution in [3.8, 4) is 10.4 Å². The fourth-order valence-electron chi connectivity index (χ4n) is 4.16. The SMILES string of the molecule is CC1C(NC(=O)c2ccc(-c3cccc([N+](=O)[O-])c3)s2)C2CCN1CC2. The average Bonchev–Trinajstić information content (AvgIpc) is 3.15. The predicted octanol–water partition coefficient (Wildman–Crippen LogP) is 3.54. The van der Waals surface area contributed by atoms with E-state index in [2.05, 4.69) is 17.1 Å². The minimum atomic E-state index is -0.403. The number of fused-ring (bicyclic) bond motifs is 3. The van der Waals surface area contributed by atoms with Crippen molar-refractivity contribution in [3.05, 3.63) is 51.4 Å². The van der Waals surface area contributed by atoms with E-state index in [9.17, 15) is 14.9 Å². The van der Waals surface area contributed by atoms with E-state index in [1.165, 1.54) is 17.4 Å². The van der Waals surface area contributed by atoms with Gasteiger partial charge >= 0.3 is 0 Å². The molecular weight excluding hydrogens is 350 g/mol. The fraction of sp³-hybridized carbons (Fsp3) is 0.421. The van der Waals surface area contributed by atoms with E-state index in [-0.39, 0.29) is 17.6 Å². The van der Waals surface area contributed by atoms with Crippen LogP contribution in [-0.4, -0.2) is 40.9 Å². The second-order valence-electron chi connectivity index (χ2n) is 7.08. The van der Waals surface area contributed by atoms with Crippen LogP contribution in [0.3, 0.4) is 0 Å². The smallest absolute Gasteiger partial charge is 0.270 e. The number of non-ortho nitro benzene ring substituents is 1. The number of amides is 1. The van der Waals surface area contributed by atoms with Crippen molar-refractivity contribution in [2.24, 2.45) is 5.92 Å². The molecule has 136 valence electrons. The van der Waals surface area contributed by atoms with Gasteiger partial charge in [0.1, 0.15) is 0 Å². The summed E-state index contributed by atoms with van der Waals surface area (Å²) >= 11 is 1.38. The van der Waals surface area contributed by atoms with Crippen molar-refractivity contribution in [2.45, 2.75) is 31.8 Å². The number of rotatable bonds is 4. The number of thiophene rings is 1. The zero-order valence-corrected chi connectivity index (χ0v) is 15.4. The molecule has 0 spiro atoms. The Bertz CT molecular complexity index is 840. The highest BCUT2D eigenvalue weighted by Crippen LogP contribution is 2.33. The molecule has 5 rings (SSSR count). The normalized spacial score (nSPS) is 27.3. The van der Waals surface area contributed by atoms with Crippen LogP contribution >= 0.6 is 11.3 Å². The van der Waals surface area contributed by atoms with Crippen LogP contribution in [0.25, 0.3) is 10.4 Å². The van der Waals surface area contributed by atoms with Crippen LogP contribution in [-0.2, 0) is 0 Å². The first-order valence-corrected chi connectivity index (χ1v) is 9.74. The molecule has 7 heteroatoms. The van der Waals surface area contributed by atoms with Gasteiger partial charge in [0, 0.05) is 29.1 Å². The lowest BCUT2D eigenvalue weighted by Crippen LogP contribution is -2.62. The summed E-state index contributed by atoms with van der Waals surface area (Å²) in [4.78, 5) is 27.2. The maximum atomic E-state index is 12.7. The van der Waals surface area contributed by atoms with Crippen LogP contribution < -0.4 is 5.32 Å². The summed E-state index contributed by atoms with van der Waals surface area (Å²) in [5.41, 5.74) is 0.822. The van der Waals surface area contributed by atoms with Crippen LogP contribution in [0.5, 0.6) is 0 Å². The number of nitrogens with one attached hydrogen (secondary N) is 1. The van der Waals surface area contributed by atoms with Gasteiger partial charge in [-0.15, -0.1) is 11.3 Å². The van der Waals surface area contributed by atoms with E-state index in [4.69, 9.17) is 0 Å². The van der Waals surface area contributed by atoms with Crippen LogP contribution in [0.15, 0.2) is 36.4 Å². The fourth-order valence-corrected chi connectivity index (χ4v) is 5.06. The highest BCUT2D eigenvalue weighted by Gasteiger charge is 2.40. The Labute approximate surface area is 156 Å². The number of benzene rings is 1. The van der Waals surface area contributed by atoms with Gasteiger partial charge in [0.05, 0.1) is 9.80 Å². The summed E-state index contributed by atoms with van der Waals surface area (Å²) in [6.45, 7) is 4.46. The molecule has 3 fully saturated rings. The standard InChI is InChI=1S/C19H21N3O3S/c1-12-18(13-7-9-21(12)10-8-13)20-19(23)17-6-5-16(26-17)14-3-2-4-15(11-14)22(24)25/h2-6,11-13,18H,7-10H2,1H3,(H,20,23). The van der Waals surface area contributed by atoms with Crippen LogP contribution in [0.4, 0.5) is 5.69 Å². The minimum absolute atomic E-state index is 0.0442. The second kappa shape index (κ2) is 6.81. The molecule has 1 amide bonds. The van der Waals surface area contributed by atoms with Gasteiger partial charge in [-0.1, -0.05) is 12.1 Å². The predicted molar refractivity (Wildman–Crippen MR) is 101 cm³/mol. The molecule has 3 aliphatic rings. The number of nitro groups is 1. The lowest BCUT2D eigenvalue weighted by molar-refractivity contribution is -0.384. The lowest BCUT2D eigenvalue weighted by atomic mass is 9.79. The summed E-state index contributed by atoms with van der Waals surface area (Å²) in [5.74, 6) is 0.521. The summed E-state index contributed by atoms with van der Waals surface area (Å²) in [7, 11) is 0. The van der Waals surface area contributed by atoms with Crippen molar-refractivity contribution in [1.29, 1.82) is 0 Å². The van der Waals surface area contributed by atoms with Crippen LogP contribution in [0, 0.1) is 16.0 Å². The highest BCUT2D eigenvalue weighted by molar-refractivity contribution is 7.17. The third-order valence-corrected chi connectivity index (χ3v) is 6.78. The van der Waals surface area contributed by atoms with E-state index in [1.54, 1.807) is 18.2 Å². The zero-order chi connectivity index (χ0) is 18.3. The molecule has 2 unspecified atom stereocenters. The second-order valence-corrected chi connectivity index (χ2v) is 8.17. The summed E-state index contributed by atoms with van der Waals surface area (Å²) < 4.78 is 0. The molecule has 1 aromatic heterocycles. The molecule has 3 aliphatic heterocycles. The Morgan fingerprint density at radius 1 is 1.27 bits per heavy atom. The molecule has 3 saturated heterocycles. The van der Waals surface area contributed by atoms with E-state index in [0.29, 0.717) is 16.8 Å². The summed E-state index contributed by atoms with van der Waals surface area (Å²) in [6.07, 6.45) is 2.30. The van der Waals surface area contributed by atoms with E-state index in [1.807, 2.05) is 12.1 Å². The van der Waals surface area contributed by atoms with Gasteiger partial charge in [-0.3, -0.25) is 19.8 Å². The van der Waals surface area contributed by atoms with Crippen molar-refractivity contribution >= 4 is 22.9 Å². The van der Waals surface area contributed by atoms with Crippen molar-refractivity contribution in [2.75, 3.05) is 13.1 Å². The van der Waals surface area contributed by atoms with Gasteiger partial charge in [-0.2, -0.15) is 0 Å². The van der Waals surface area contributed by atoms with Crippen molar-refractivity contribution in [3.63, 3.8) is 0 Å². The topological polar surface area (TPSA) is 75.5 Å². The van der Waals surface area contributed by atoms with Crippen LogP contribution in [0.1, 0.15) is 29.4 Å². The molecule has 6 nitrogen and oxygen atoms in total. The van der Waals surface area contributed by atoms with Gasteiger partial charge in [0.15, 0.2) is 0 Å². The molecule has 26 heavy (non-hydrogen) atoms. The molecule has 4 heterocycles. The van der Waals surface area contributed by atoms with Gasteiger partial charge in [0.2, 0.25) is 0 Å². The molecule has 0 saturated carbocycles. The Kier molecular flexibility index (Phi) is 4.50. The minimum Gasteiger partial charge on any atom is -0.347 e. The lowest BCUT2D eigenvalue weighted by Gasteiger charge is -2.49. The van der Waals surface area contributed by atoms with E-state index >= 15 is 0 Å². The zero-order valence-electron chi connectivity index (χ0n) is 14.6. The molecule has 2 aromatic rings. The quantitative estimate of drug-likeness (QED) is 0.659. The van der Waals surface area contributed by atoms with Gasteiger partial charge < -0.3 is 5.32 Å². The largest absolute Gasteiger partial charge is 0.347 e. The number of hydrogen-bond acceptors (Lipinski definition) is 5. The summed E-state index contributed by atoms with van der Waals surface area (Å²) in [5, 5.41) is 14.2. The first-order valence-electron chi connectivity index (χ1n) is 8.92. The van der Waals surface area contributed by atoms with Gasteiger partial charge in [-0.25, -0.2) is 0 Å². The number of carbonyl (C=O) groups excluding carboxylic acids is 1. The monoisotopic (exact) mass is 371 g/mol. The number of nitro benzene ring substituents is 1. The highest BCUT2D eigenvalue weighted by atomic mass is 32.1. The number of carbonyl (C=O) groups is 1. The first-order chi connectivity index (χ1) is 12.5. The van der Waals surface area contributed by atoms with Gasteiger partial charge in [0.25, 0.3) is 11.6 Å². The Morgan fingerprint density at radius 3 is 2.73 bits per heavy atom. The first kappa shape index (κ1) is 17.2. The maximum Gasteiger partial charge on any atom is 0.270 e. The molecule has 0 aliphatic carbocycles. The third-order valence-electron chi connectivity index (χ3n) is 5.65. The third kappa shape index (κ3) is 3.12. The maximum absolute atomic E-state index is 12.7. The Hall–Kier alpha value is -2.25. The van der Waals surface area contributed by atoms with E-state index in [0.717, 1.165) is 36.4 Å².